The van der Waals surface area contributed by atoms with E-state index in [1.54, 1.807) is 0 Å². The van der Waals surface area contributed by atoms with E-state index in [2.05, 4.69) is 45.9 Å². The zero-order chi connectivity index (χ0) is 8.69. The van der Waals surface area contributed by atoms with Crippen LogP contribution in [-0.4, -0.2) is 0 Å². The Morgan fingerprint density at radius 3 is 2.45 bits per heavy atom. The summed E-state index contributed by atoms with van der Waals surface area (Å²) < 4.78 is 0. The second-order valence-electron chi connectivity index (χ2n) is 3.34. The van der Waals surface area contributed by atoms with Gasteiger partial charge in [-0.3, -0.25) is 0 Å². The molecule has 0 unspecified atom stereocenters. The predicted molar refractivity (Wildman–Crippen MR) is 52.6 cm³/mol. The van der Waals surface area contributed by atoms with E-state index < -0.39 is 0 Å². The zero-order valence-electron chi connectivity index (χ0n) is 8.22. The van der Waals surface area contributed by atoms with E-state index in [9.17, 15) is 0 Å². The van der Waals surface area contributed by atoms with Crippen LogP contribution in [0.4, 0.5) is 0 Å². The molecule has 0 nitrogen and oxygen atoms in total. The number of hydrogen-bond donors (Lipinski definition) is 0. The minimum Gasteiger partial charge on any atom is -0.0856 e. The van der Waals surface area contributed by atoms with Gasteiger partial charge in [-0.25, -0.2) is 0 Å². The Bertz CT molecular complexity index is 138. The van der Waals surface area contributed by atoms with Gasteiger partial charge in [0.1, 0.15) is 0 Å². The molecule has 0 aliphatic rings. The molecule has 0 heterocycles. The van der Waals surface area contributed by atoms with Crippen LogP contribution in [0.1, 0.15) is 40.5 Å². The summed E-state index contributed by atoms with van der Waals surface area (Å²) in [6, 6.07) is 0. The molecule has 0 N–H and O–H groups in total. The van der Waals surface area contributed by atoms with Gasteiger partial charge in [-0.2, -0.15) is 0 Å². The molecule has 0 aliphatic carbocycles. The lowest BCUT2D eigenvalue weighted by atomic mass is 10.1. The summed E-state index contributed by atoms with van der Waals surface area (Å²) in [6.07, 6.45) is 9.07. The second-order valence-corrected chi connectivity index (χ2v) is 3.34. The van der Waals surface area contributed by atoms with Crippen molar-refractivity contribution in [1.29, 1.82) is 0 Å². The highest BCUT2D eigenvalue weighted by Crippen LogP contribution is 2.04. The molecule has 0 spiro atoms. The van der Waals surface area contributed by atoms with Crippen molar-refractivity contribution in [3.05, 3.63) is 23.8 Å². The second kappa shape index (κ2) is 6.21. The number of hydrogen-bond acceptors (Lipinski definition) is 0. The van der Waals surface area contributed by atoms with Crippen molar-refractivity contribution in [2.24, 2.45) is 5.92 Å². The Balaban J connectivity index is 3.61. The molecule has 0 aromatic carbocycles. The molecular weight excluding hydrogens is 132 g/mol. The Kier molecular flexibility index (Phi) is 5.91. The number of rotatable bonds is 4. The fourth-order valence-electron chi connectivity index (χ4n) is 0.958. The minimum atomic E-state index is 0.685. The molecule has 0 bridgehead atoms. The van der Waals surface area contributed by atoms with Crippen LogP contribution >= 0.6 is 0 Å². The quantitative estimate of drug-likeness (QED) is 0.535. The van der Waals surface area contributed by atoms with Crippen molar-refractivity contribution in [2.45, 2.75) is 40.5 Å². The Labute approximate surface area is 71.0 Å². The first-order chi connectivity index (χ1) is 5.16. The molecule has 0 fully saturated rings. The van der Waals surface area contributed by atoms with E-state index in [-0.39, 0.29) is 0 Å². The molecule has 0 atom stereocenters. The van der Waals surface area contributed by atoms with Crippen molar-refractivity contribution in [1.82, 2.24) is 0 Å². The molecule has 64 valence electrons. The lowest BCUT2D eigenvalue weighted by Gasteiger charge is -1.95. The monoisotopic (exact) mass is 152 g/mol. The first-order valence-electron chi connectivity index (χ1n) is 4.49. The zero-order valence-corrected chi connectivity index (χ0v) is 8.22. The van der Waals surface area contributed by atoms with Crippen LogP contribution in [0, 0.1) is 5.92 Å². The van der Waals surface area contributed by atoms with E-state index in [1.807, 2.05) is 0 Å². The Morgan fingerprint density at radius 1 is 1.36 bits per heavy atom. The van der Waals surface area contributed by atoms with Crippen molar-refractivity contribution >= 4 is 0 Å². The summed E-state index contributed by atoms with van der Waals surface area (Å²) in [4.78, 5) is 0. The third-order valence-corrected chi connectivity index (χ3v) is 1.51. The molecule has 0 radical (unpaired) electrons. The Morgan fingerprint density at radius 2 is 2.00 bits per heavy atom. The average molecular weight is 152 g/mol. The van der Waals surface area contributed by atoms with Gasteiger partial charge in [-0.05, 0) is 25.7 Å². The molecule has 0 aliphatic heterocycles. The summed E-state index contributed by atoms with van der Waals surface area (Å²) in [5.74, 6) is 0.685. The summed E-state index contributed by atoms with van der Waals surface area (Å²) in [6.45, 7) is 8.77. The third-order valence-electron chi connectivity index (χ3n) is 1.51. The molecule has 0 aromatic rings. The van der Waals surface area contributed by atoms with Gasteiger partial charge in [0.25, 0.3) is 0 Å². The van der Waals surface area contributed by atoms with Gasteiger partial charge in [0.05, 0.1) is 0 Å². The van der Waals surface area contributed by atoms with Gasteiger partial charge >= 0.3 is 0 Å². The fourth-order valence-corrected chi connectivity index (χ4v) is 0.958. The van der Waals surface area contributed by atoms with Crippen LogP contribution in [0.15, 0.2) is 23.8 Å². The largest absolute Gasteiger partial charge is 0.0856 e. The maximum Gasteiger partial charge on any atom is -0.0142 e. The minimum absolute atomic E-state index is 0.685. The summed E-state index contributed by atoms with van der Waals surface area (Å²) >= 11 is 0. The van der Waals surface area contributed by atoms with Gasteiger partial charge < -0.3 is 0 Å². The average Bonchev–Trinajstić information content (AvgIpc) is 1.87. The third kappa shape index (κ3) is 7.38. The lowest BCUT2D eigenvalue weighted by molar-refractivity contribution is 0.827. The predicted octanol–water partition coefficient (Wildman–Crippen LogP) is 3.95. The van der Waals surface area contributed by atoms with E-state index in [0.29, 0.717) is 5.92 Å². The van der Waals surface area contributed by atoms with Gasteiger partial charge in [0, 0.05) is 0 Å². The molecule has 0 aromatic heterocycles. The van der Waals surface area contributed by atoms with E-state index in [1.165, 1.54) is 5.57 Å². The maximum absolute atomic E-state index is 2.28. The van der Waals surface area contributed by atoms with Crippen LogP contribution in [0.3, 0.4) is 0 Å². The van der Waals surface area contributed by atoms with Gasteiger partial charge in [0.15, 0.2) is 0 Å². The van der Waals surface area contributed by atoms with E-state index >= 15 is 0 Å². The highest BCUT2D eigenvalue weighted by Gasteiger charge is 1.85. The fraction of sp³-hybridized carbons (Fsp3) is 0.636. The van der Waals surface area contributed by atoms with Crippen molar-refractivity contribution in [3.8, 4) is 0 Å². The summed E-state index contributed by atoms with van der Waals surface area (Å²) in [5.41, 5.74) is 1.48. The van der Waals surface area contributed by atoms with Gasteiger partial charge in [-0.1, -0.05) is 44.6 Å². The molecular formula is C11H20. The van der Waals surface area contributed by atoms with Crippen LogP contribution in [0.5, 0.6) is 0 Å². The van der Waals surface area contributed by atoms with Crippen molar-refractivity contribution < 1.29 is 0 Å². The summed E-state index contributed by atoms with van der Waals surface area (Å²) in [7, 11) is 0. The molecule has 0 saturated heterocycles. The normalized spacial score (nSPS) is 13.4. The van der Waals surface area contributed by atoms with E-state index in [4.69, 9.17) is 0 Å². The smallest absolute Gasteiger partial charge is 0.0142 e. The van der Waals surface area contributed by atoms with Crippen LogP contribution < -0.4 is 0 Å². The lowest BCUT2D eigenvalue weighted by Crippen LogP contribution is -1.78. The summed E-state index contributed by atoms with van der Waals surface area (Å²) in [5, 5.41) is 0. The maximum atomic E-state index is 2.28. The standard InChI is InChI=1S/C11H20/c1-5-7-11(4)9-6-8-10(2)3/h6-8,10H,5,9H2,1-4H3/b8-6?,11-7-. The number of allylic oxidation sites excluding steroid dienone is 4. The first kappa shape index (κ1) is 10.5. The first-order valence-corrected chi connectivity index (χ1v) is 4.49. The molecule has 11 heavy (non-hydrogen) atoms. The Hall–Kier alpha value is -0.520. The molecule has 0 rings (SSSR count). The highest BCUT2D eigenvalue weighted by molar-refractivity contribution is 5.04. The van der Waals surface area contributed by atoms with Gasteiger partial charge in [0.2, 0.25) is 0 Å². The van der Waals surface area contributed by atoms with Crippen LogP contribution in [0.25, 0.3) is 0 Å². The van der Waals surface area contributed by atoms with Crippen LogP contribution in [-0.2, 0) is 0 Å². The molecule has 0 amide bonds. The SMILES string of the molecule is CC/C=C(/C)CC=CC(C)C. The topological polar surface area (TPSA) is 0 Å². The van der Waals surface area contributed by atoms with Crippen molar-refractivity contribution in [2.75, 3.05) is 0 Å². The van der Waals surface area contributed by atoms with Crippen LogP contribution in [0.2, 0.25) is 0 Å². The van der Waals surface area contributed by atoms with Gasteiger partial charge in [-0.15, -0.1) is 0 Å². The molecule has 0 heteroatoms. The van der Waals surface area contributed by atoms with E-state index in [0.717, 1.165) is 12.8 Å². The highest BCUT2D eigenvalue weighted by atomic mass is 13.9. The molecule has 0 saturated carbocycles. The van der Waals surface area contributed by atoms with Crippen molar-refractivity contribution in [3.63, 3.8) is 0 Å².